The topological polar surface area (TPSA) is 50.9 Å². The Morgan fingerprint density at radius 3 is 2.30 bits per heavy atom. The molecule has 0 radical (unpaired) electrons. The highest BCUT2D eigenvalue weighted by molar-refractivity contribution is 5.91. The predicted octanol–water partition coefficient (Wildman–Crippen LogP) is 11.2. The van der Waals surface area contributed by atoms with Gasteiger partial charge in [0.2, 0.25) is 0 Å². The number of nitrogens with one attached hydrogen (secondary N) is 1. The fraction of sp³-hybridized carbons (Fsp3) is 0.0465. The molecule has 5 aromatic carbocycles. The molecule has 0 aliphatic heterocycles. The number of aryl methyl sites for hydroxylation is 1. The number of para-hydroxylation sites is 1. The van der Waals surface area contributed by atoms with E-state index in [1.54, 1.807) is 6.20 Å². The summed E-state index contributed by atoms with van der Waals surface area (Å²) in [5, 5.41) is 5.95. The van der Waals surface area contributed by atoms with E-state index in [2.05, 4.69) is 127 Å². The van der Waals surface area contributed by atoms with Crippen LogP contribution in [0.25, 0.3) is 50.4 Å². The van der Waals surface area contributed by atoms with Gasteiger partial charge in [-0.15, -0.1) is 0 Å². The molecule has 3 nitrogen and oxygen atoms in total. The fourth-order valence-corrected chi connectivity index (χ4v) is 5.50. The van der Waals surface area contributed by atoms with Crippen LogP contribution in [-0.4, -0.2) is 4.98 Å². The lowest BCUT2D eigenvalue weighted by Gasteiger charge is -2.15. The van der Waals surface area contributed by atoms with Gasteiger partial charge in [-0.25, -0.2) is 0 Å². The SMILES string of the molecule is C=C(/C=C\c1cc(-c2ccc3cc(/C(N)=C/C=C\C)ccc3c2)ccc1C)c1ccc(-c2cccnc2)cc1Nc1ccccc1. The zero-order valence-corrected chi connectivity index (χ0v) is 26.2. The van der Waals surface area contributed by atoms with Crippen LogP contribution in [0.3, 0.4) is 0 Å². The predicted molar refractivity (Wildman–Crippen MR) is 199 cm³/mol. The molecule has 3 heteroatoms. The molecule has 0 bridgehead atoms. The number of nitrogens with two attached hydrogens (primary N) is 1. The molecular formula is C43H37N3. The maximum Gasteiger partial charge on any atom is 0.0469 e. The highest BCUT2D eigenvalue weighted by Gasteiger charge is 2.10. The molecule has 0 atom stereocenters. The minimum atomic E-state index is 0.757. The zero-order valence-electron chi connectivity index (χ0n) is 26.2. The average molecular weight is 596 g/mol. The van der Waals surface area contributed by atoms with Crippen molar-refractivity contribution in [3.05, 3.63) is 181 Å². The molecule has 1 heterocycles. The van der Waals surface area contributed by atoms with Crippen molar-refractivity contribution in [2.45, 2.75) is 13.8 Å². The lowest BCUT2D eigenvalue weighted by molar-refractivity contribution is 1.33. The summed E-state index contributed by atoms with van der Waals surface area (Å²) in [6.07, 6.45) is 13.8. The first kappa shape index (κ1) is 30.1. The minimum absolute atomic E-state index is 0.757. The van der Waals surface area contributed by atoms with Crippen LogP contribution in [0.2, 0.25) is 0 Å². The highest BCUT2D eigenvalue weighted by atomic mass is 14.9. The van der Waals surface area contributed by atoms with Crippen LogP contribution >= 0.6 is 0 Å². The summed E-state index contributed by atoms with van der Waals surface area (Å²) in [5.74, 6) is 0. The Bertz CT molecular complexity index is 2100. The second kappa shape index (κ2) is 13.8. The van der Waals surface area contributed by atoms with Crippen LogP contribution in [0.1, 0.15) is 29.2 Å². The van der Waals surface area contributed by atoms with Crippen LogP contribution in [0.4, 0.5) is 11.4 Å². The average Bonchev–Trinajstić information content (AvgIpc) is 3.10. The van der Waals surface area contributed by atoms with Gasteiger partial charge < -0.3 is 11.1 Å². The largest absolute Gasteiger partial charge is 0.398 e. The Hall–Kier alpha value is -5.93. The summed E-state index contributed by atoms with van der Waals surface area (Å²) in [7, 11) is 0. The first-order valence-electron chi connectivity index (χ1n) is 15.5. The van der Waals surface area contributed by atoms with E-state index in [0.717, 1.165) is 55.8 Å². The molecule has 3 N–H and O–H groups in total. The van der Waals surface area contributed by atoms with Crippen molar-refractivity contribution in [2.75, 3.05) is 5.32 Å². The molecule has 0 saturated carbocycles. The van der Waals surface area contributed by atoms with E-state index >= 15 is 0 Å². The summed E-state index contributed by atoms with van der Waals surface area (Å²) in [6.45, 7) is 8.60. The minimum Gasteiger partial charge on any atom is -0.398 e. The molecule has 0 amide bonds. The summed E-state index contributed by atoms with van der Waals surface area (Å²) >= 11 is 0. The van der Waals surface area contributed by atoms with Crippen molar-refractivity contribution in [1.82, 2.24) is 4.98 Å². The van der Waals surface area contributed by atoms with Gasteiger partial charge in [-0.05, 0) is 112 Å². The van der Waals surface area contributed by atoms with Crippen molar-refractivity contribution in [3.63, 3.8) is 0 Å². The van der Waals surface area contributed by atoms with Crippen LogP contribution in [-0.2, 0) is 0 Å². The van der Waals surface area contributed by atoms with E-state index in [-0.39, 0.29) is 0 Å². The molecule has 6 aromatic rings. The van der Waals surface area contributed by atoms with E-state index in [1.165, 1.54) is 22.1 Å². The van der Waals surface area contributed by atoms with Crippen molar-refractivity contribution in [2.24, 2.45) is 5.73 Å². The van der Waals surface area contributed by atoms with E-state index in [0.29, 0.717) is 0 Å². The van der Waals surface area contributed by atoms with E-state index in [1.807, 2.05) is 55.6 Å². The van der Waals surface area contributed by atoms with Crippen LogP contribution in [0, 0.1) is 6.92 Å². The fourth-order valence-electron chi connectivity index (χ4n) is 5.50. The number of benzene rings is 5. The third kappa shape index (κ3) is 6.90. The monoisotopic (exact) mass is 595 g/mol. The number of hydrogen-bond donors (Lipinski definition) is 2. The molecule has 0 saturated heterocycles. The summed E-state index contributed by atoms with van der Waals surface area (Å²) in [5.41, 5.74) is 18.9. The van der Waals surface area contributed by atoms with Gasteiger partial charge in [0.25, 0.3) is 0 Å². The highest BCUT2D eigenvalue weighted by Crippen LogP contribution is 2.33. The van der Waals surface area contributed by atoms with Gasteiger partial charge in [0.1, 0.15) is 0 Å². The molecule has 0 fully saturated rings. The van der Waals surface area contributed by atoms with E-state index in [9.17, 15) is 0 Å². The van der Waals surface area contributed by atoms with Gasteiger partial charge in [0.05, 0.1) is 0 Å². The van der Waals surface area contributed by atoms with Crippen molar-refractivity contribution >= 4 is 39.5 Å². The summed E-state index contributed by atoms with van der Waals surface area (Å²) in [6, 6.07) is 40.3. The van der Waals surface area contributed by atoms with Crippen LogP contribution in [0.15, 0.2) is 159 Å². The zero-order chi connectivity index (χ0) is 31.9. The number of nitrogens with zero attached hydrogens (tertiary/aromatic N) is 1. The van der Waals surface area contributed by atoms with Crippen molar-refractivity contribution in [3.8, 4) is 22.3 Å². The summed E-state index contributed by atoms with van der Waals surface area (Å²) in [4.78, 5) is 4.31. The molecular weight excluding hydrogens is 558 g/mol. The second-order valence-electron chi connectivity index (χ2n) is 11.3. The maximum absolute atomic E-state index is 6.28. The number of allylic oxidation sites excluding steroid dienone is 5. The smallest absolute Gasteiger partial charge is 0.0469 e. The molecule has 0 unspecified atom stereocenters. The Balaban J connectivity index is 1.28. The maximum atomic E-state index is 6.28. The number of anilines is 2. The lowest BCUT2D eigenvalue weighted by Crippen LogP contribution is -1.96. The van der Waals surface area contributed by atoms with Gasteiger partial charge in [0, 0.05) is 40.6 Å². The quantitative estimate of drug-likeness (QED) is 0.163. The van der Waals surface area contributed by atoms with Crippen molar-refractivity contribution in [1.29, 1.82) is 0 Å². The van der Waals surface area contributed by atoms with E-state index < -0.39 is 0 Å². The lowest BCUT2D eigenvalue weighted by atomic mass is 9.95. The summed E-state index contributed by atoms with van der Waals surface area (Å²) < 4.78 is 0. The Morgan fingerprint density at radius 2 is 1.50 bits per heavy atom. The van der Waals surface area contributed by atoms with Crippen LogP contribution in [0.5, 0.6) is 0 Å². The van der Waals surface area contributed by atoms with Gasteiger partial charge in [-0.2, -0.15) is 0 Å². The number of rotatable bonds is 9. The third-order valence-corrected chi connectivity index (χ3v) is 8.13. The number of aromatic nitrogens is 1. The molecule has 1 aromatic heterocycles. The Morgan fingerprint density at radius 1 is 0.761 bits per heavy atom. The number of pyridine rings is 1. The molecule has 224 valence electrons. The van der Waals surface area contributed by atoms with Gasteiger partial charge in [-0.1, -0.05) is 104 Å². The number of hydrogen-bond acceptors (Lipinski definition) is 3. The Kier molecular flexibility index (Phi) is 9.03. The standard InChI is InChI=1S/C43H37N3/c1-4-5-13-42(44)38-21-20-35-26-34(18-19-36(35)27-38)33-17-14-30(2)32(25-33)16-15-31(3)41-23-22-37(39-10-9-24-45-29-39)28-43(41)46-40-11-7-6-8-12-40/h4-29,46H,3,44H2,1-2H3/b5-4-,16-15-,42-13-. The molecule has 0 aliphatic rings. The van der Waals surface area contributed by atoms with Crippen molar-refractivity contribution < 1.29 is 0 Å². The van der Waals surface area contributed by atoms with Gasteiger partial charge >= 0.3 is 0 Å². The van der Waals surface area contributed by atoms with Crippen LogP contribution < -0.4 is 11.1 Å². The number of fused-ring (bicyclic) bond motifs is 1. The van der Waals surface area contributed by atoms with Gasteiger partial charge in [0.15, 0.2) is 0 Å². The second-order valence-corrected chi connectivity index (χ2v) is 11.3. The molecule has 0 spiro atoms. The molecule has 0 aliphatic carbocycles. The normalized spacial score (nSPS) is 11.8. The van der Waals surface area contributed by atoms with Gasteiger partial charge in [-0.3, -0.25) is 4.98 Å². The first-order chi connectivity index (χ1) is 22.5. The third-order valence-electron chi connectivity index (χ3n) is 8.13. The molecule has 6 rings (SSSR count). The van der Waals surface area contributed by atoms with E-state index in [4.69, 9.17) is 5.73 Å². The first-order valence-corrected chi connectivity index (χ1v) is 15.5. The Labute approximate surface area is 271 Å². The molecule has 46 heavy (non-hydrogen) atoms.